The van der Waals surface area contributed by atoms with E-state index in [0.717, 1.165) is 0 Å². The van der Waals surface area contributed by atoms with Crippen LogP contribution in [0.25, 0.3) is 0 Å². The molecule has 1 aliphatic heterocycles. The first-order valence-electron chi connectivity index (χ1n) is 9.28. The molecule has 1 fully saturated rings. The van der Waals surface area contributed by atoms with E-state index in [1.165, 1.54) is 0 Å². The summed E-state index contributed by atoms with van der Waals surface area (Å²) in [6, 6.07) is 16.0. The molecule has 0 radical (unpaired) electrons. The second kappa shape index (κ2) is 8.98. The van der Waals surface area contributed by atoms with Crippen LogP contribution in [-0.2, 0) is 4.79 Å². The lowest BCUT2D eigenvalue weighted by Crippen LogP contribution is -2.44. The smallest absolute Gasteiger partial charge is 0.405 e. The van der Waals surface area contributed by atoms with Crippen molar-refractivity contribution in [2.75, 3.05) is 19.6 Å². The molecule has 0 aliphatic carbocycles. The topological polar surface area (TPSA) is 58.6 Å². The minimum absolute atomic E-state index is 0.176. The fourth-order valence-corrected chi connectivity index (χ4v) is 3.15. The summed E-state index contributed by atoms with van der Waals surface area (Å²) < 4.78 is 42.3. The van der Waals surface area contributed by atoms with E-state index in [4.69, 9.17) is 4.74 Å². The second-order valence-electron chi connectivity index (χ2n) is 6.84. The number of hydrogen-bond donors (Lipinski definition) is 1. The van der Waals surface area contributed by atoms with Crippen LogP contribution in [0.5, 0.6) is 11.5 Å². The van der Waals surface area contributed by atoms with Gasteiger partial charge in [0.1, 0.15) is 18.0 Å². The molecule has 2 aromatic carbocycles. The number of nitrogens with zero attached hydrogens (tertiary/aromatic N) is 1. The van der Waals surface area contributed by atoms with Crippen molar-refractivity contribution in [3.05, 3.63) is 60.2 Å². The van der Waals surface area contributed by atoms with Crippen LogP contribution in [0.15, 0.2) is 54.6 Å². The van der Waals surface area contributed by atoms with Crippen molar-refractivity contribution < 1.29 is 27.5 Å². The zero-order valence-electron chi connectivity index (χ0n) is 15.6. The lowest BCUT2D eigenvalue weighted by molar-refractivity contribution is -0.141. The molecule has 0 bridgehead atoms. The highest BCUT2D eigenvalue weighted by Crippen LogP contribution is 2.23. The molecule has 3 rings (SSSR count). The highest BCUT2D eigenvalue weighted by atomic mass is 19.4. The average Bonchev–Trinajstić information content (AvgIpc) is 2.72. The van der Waals surface area contributed by atoms with Crippen LogP contribution in [0.4, 0.5) is 13.2 Å². The largest absolute Gasteiger partial charge is 0.457 e. The maximum atomic E-state index is 12.6. The number of alkyl halides is 3. The quantitative estimate of drug-likeness (QED) is 0.816. The van der Waals surface area contributed by atoms with Gasteiger partial charge in [0.2, 0.25) is 5.91 Å². The van der Waals surface area contributed by atoms with Crippen LogP contribution < -0.4 is 10.1 Å². The number of halogens is 3. The summed E-state index contributed by atoms with van der Waals surface area (Å²) in [5.74, 6) is -0.00413. The third kappa shape index (κ3) is 5.97. The number of amides is 2. The molecule has 1 heterocycles. The minimum Gasteiger partial charge on any atom is -0.457 e. The Morgan fingerprint density at radius 3 is 2.14 bits per heavy atom. The molecule has 1 aliphatic rings. The fraction of sp³-hybridized carbons (Fsp3) is 0.333. The number of carbonyl (C=O) groups is 2. The summed E-state index contributed by atoms with van der Waals surface area (Å²) in [6.45, 7) is -0.682. The van der Waals surface area contributed by atoms with E-state index in [2.05, 4.69) is 0 Å². The van der Waals surface area contributed by atoms with Crippen LogP contribution in [0.2, 0.25) is 0 Å². The van der Waals surface area contributed by atoms with Gasteiger partial charge in [-0.25, -0.2) is 0 Å². The van der Waals surface area contributed by atoms with Crippen LogP contribution in [-0.4, -0.2) is 42.5 Å². The molecule has 29 heavy (non-hydrogen) atoms. The molecule has 5 nitrogen and oxygen atoms in total. The first-order chi connectivity index (χ1) is 13.8. The van der Waals surface area contributed by atoms with Gasteiger partial charge in [-0.1, -0.05) is 18.2 Å². The molecule has 2 amide bonds. The third-order valence-electron chi connectivity index (χ3n) is 4.70. The van der Waals surface area contributed by atoms with Gasteiger partial charge >= 0.3 is 6.18 Å². The maximum Gasteiger partial charge on any atom is 0.405 e. The van der Waals surface area contributed by atoms with E-state index < -0.39 is 24.5 Å². The summed E-state index contributed by atoms with van der Waals surface area (Å²) in [5.41, 5.74) is 0.491. The summed E-state index contributed by atoms with van der Waals surface area (Å²) >= 11 is 0. The highest BCUT2D eigenvalue weighted by molar-refractivity contribution is 5.94. The third-order valence-corrected chi connectivity index (χ3v) is 4.70. The van der Waals surface area contributed by atoms with Gasteiger partial charge in [-0.3, -0.25) is 9.59 Å². The van der Waals surface area contributed by atoms with Gasteiger partial charge in [0.05, 0.1) is 0 Å². The zero-order valence-corrected chi connectivity index (χ0v) is 15.6. The van der Waals surface area contributed by atoms with Crippen molar-refractivity contribution in [2.45, 2.75) is 19.0 Å². The SMILES string of the molecule is O=C(NCC(F)(F)F)C1CCN(C(=O)c2ccc(Oc3ccccc3)cc2)CC1. The fourth-order valence-electron chi connectivity index (χ4n) is 3.15. The Morgan fingerprint density at radius 1 is 0.966 bits per heavy atom. The van der Waals surface area contributed by atoms with E-state index in [9.17, 15) is 22.8 Å². The summed E-state index contributed by atoms with van der Waals surface area (Å²) in [5, 5.41) is 1.91. The first-order valence-corrected chi connectivity index (χ1v) is 9.28. The van der Waals surface area contributed by atoms with E-state index >= 15 is 0 Å². The normalized spacial score (nSPS) is 15.1. The van der Waals surface area contributed by atoms with Gasteiger partial charge in [-0.15, -0.1) is 0 Å². The van der Waals surface area contributed by atoms with Gasteiger partial charge in [0.15, 0.2) is 0 Å². The van der Waals surface area contributed by atoms with Gasteiger partial charge in [0.25, 0.3) is 5.91 Å². The first kappa shape index (κ1) is 20.7. The number of hydrogen-bond acceptors (Lipinski definition) is 3. The van der Waals surface area contributed by atoms with Crippen molar-refractivity contribution in [3.8, 4) is 11.5 Å². The van der Waals surface area contributed by atoms with E-state index in [1.54, 1.807) is 29.2 Å². The number of carbonyl (C=O) groups excluding carboxylic acids is 2. The minimum atomic E-state index is -4.43. The summed E-state index contributed by atoms with van der Waals surface area (Å²) in [6.07, 6.45) is -3.75. The van der Waals surface area contributed by atoms with Crippen molar-refractivity contribution in [1.82, 2.24) is 10.2 Å². The van der Waals surface area contributed by atoms with Crippen LogP contribution >= 0.6 is 0 Å². The van der Waals surface area contributed by atoms with Gasteiger partial charge in [-0.2, -0.15) is 13.2 Å². The molecule has 0 saturated carbocycles. The Kier molecular flexibility index (Phi) is 6.41. The van der Waals surface area contributed by atoms with Crippen molar-refractivity contribution in [3.63, 3.8) is 0 Å². The molecule has 1 N–H and O–H groups in total. The number of likely N-dealkylation sites (tertiary alicyclic amines) is 1. The number of benzene rings is 2. The number of rotatable bonds is 5. The van der Waals surface area contributed by atoms with Gasteiger partial charge < -0.3 is 15.0 Å². The number of para-hydroxylation sites is 1. The zero-order chi connectivity index (χ0) is 20.9. The molecule has 8 heteroatoms. The van der Waals surface area contributed by atoms with E-state index in [1.807, 2.05) is 35.6 Å². The number of piperidine rings is 1. The van der Waals surface area contributed by atoms with E-state index in [-0.39, 0.29) is 5.91 Å². The Balaban J connectivity index is 1.51. The van der Waals surface area contributed by atoms with Crippen LogP contribution in [0, 0.1) is 5.92 Å². The molecule has 154 valence electrons. The molecule has 0 spiro atoms. The predicted molar refractivity (Wildman–Crippen MR) is 101 cm³/mol. The highest BCUT2D eigenvalue weighted by Gasteiger charge is 2.32. The average molecular weight is 406 g/mol. The summed E-state index contributed by atoms with van der Waals surface area (Å²) in [7, 11) is 0. The van der Waals surface area contributed by atoms with Crippen molar-refractivity contribution >= 4 is 11.8 Å². The molecular weight excluding hydrogens is 385 g/mol. The Morgan fingerprint density at radius 2 is 1.55 bits per heavy atom. The molecular formula is C21H21F3N2O3. The van der Waals surface area contributed by atoms with E-state index in [0.29, 0.717) is 43.0 Å². The lowest BCUT2D eigenvalue weighted by atomic mass is 9.95. The maximum absolute atomic E-state index is 12.6. The van der Waals surface area contributed by atoms with Gasteiger partial charge in [0, 0.05) is 24.6 Å². The Hall–Kier alpha value is -3.03. The van der Waals surface area contributed by atoms with Gasteiger partial charge in [-0.05, 0) is 49.2 Å². The van der Waals surface area contributed by atoms with Crippen LogP contribution in [0.1, 0.15) is 23.2 Å². The lowest BCUT2D eigenvalue weighted by Gasteiger charge is -2.31. The molecule has 0 atom stereocenters. The monoisotopic (exact) mass is 406 g/mol. The predicted octanol–water partition coefficient (Wildman–Crippen LogP) is 4.01. The Bertz CT molecular complexity index is 830. The Labute approximate surface area is 166 Å². The molecule has 2 aromatic rings. The van der Waals surface area contributed by atoms with Crippen molar-refractivity contribution in [2.24, 2.45) is 5.92 Å². The second-order valence-corrected chi connectivity index (χ2v) is 6.84. The molecule has 0 unspecified atom stereocenters. The standard InChI is InChI=1S/C21H21F3N2O3/c22-21(23,24)14-25-19(27)15-10-12-26(13-11-15)20(28)16-6-8-18(9-7-16)29-17-4-2-1-3-5-17/h1-9,15H,10-14H2,(H,25,27). The number of ether oxygens (including phenoxy) is 1. The summed E-state index contributed by atoms with van der Waals surface area (Å²) in [4.78, 5) is 26.1. The molecule has 0 aromatic heterocycles. The van der Waals surface area contributed by atoms with Crippen LogP contribution in [0.3, 0.4) is 0 Å². The van der Waals surface area contributed by atoms with Crippen molar-refractivity contribution in [1.29, 1.82) is 0 Å². The number of nitrogens with one attached hydrogen (secondary N) is 1. The molecule has 1 saturated heterocycles.